The minimum absolute atomic E-state index is 0.409. The maximum atomic E-state index is 5.80. The normalized spacial score (nSPS) is 14.2. The van der Waals surface area contributed by atoms with Gasteiger partial charge in [0.2, 0.25) is 0 Å². The predicted molar refractivity (Wildman–Crippen MR) is 65.9 cm³/mol. The van der Waals surface area contributed by atoms with Crippen molar-refractivity contribution in [2.75, 3.05) is 6.61 Å². The Morgan fingerprint density at radius 2 is 2.12 bits per heavy atom. The van der Waals surface area contributed by atoms with Crippen LogP contribution in [0.3, 0.4) is 0 Å². The average molecular weight is 229 g/mol. The first-order valence-electron chi connectivity index (χ1n) is 5.91. The molecule has 3 nitrogen and oxygen atoms in total. The molecule has 0 unspecified atom stereocenters. The van der Waals surface area contributed by atoms with E-state index < -0.39 is 0 Å². The molecule has 0 saturated heterocycles. The van der Waals surface area contributed by atoms with Crippen molar-refractivity contribution < 1.29 is 9.15 Å². The zero-order chi connectivity index (χ0) is 11.7. The van der Waals surface area contributed by atoms with E-state index in [2.05, 4.69) is 18.2 Å². The molecule has 2 heterocycles. The van der Waals surface area contributed by atoms with E-state index in [1.165, 1.54) is 5.56 Å². The van der Waals surface area contributed by atoms with Crippen LogP contribution in [0.25, 0.3) is 11.1 Å². The van der Waals surface area contributed by atoms with Crippen molar-refractivity contribution in [3.63, 3.8) is 0 Å². The minimum atomic E-state index is 0.409. The number of para-hydroxylation sites is 1. The summed E-state index contributed by atoms with van der Waals surface area (Å²) in [7, 11) is 0. The average Bonchev–Trinajstić information content (AvgIpc) is 2.86. The van der Waals surface area contributed by atoms with Gasteiger partial charge in [0.15, 0.2) is 0 Å². The van der Waals surface area contributed by atoms with Crippen LogP contribution < -0.4 is 10.5 Å². The lowest BCUT2D eigenvalue weighted by atomic mass is 9.98. The summed E-state index contributed by atoms with van der Waals surface area (Å²) < 4.78 is 11.2. The number of hydrogen-bond donors (Lipinski definition) is 1. The zero-order valence-electron chi connectivity index (χ0n) is 9.61. The second-order valence-corrected chi connectivity index (χ2v) is 4.21. The number of hydrogen-bond acceptors (Lipinski definition) is 3. The minimum Gasteiger partial charge on any atom is -0.493 e. The number of ether oxygens (including phenoxy) is 1. The summed E-state index contributed by atoms with van der Waals surface area (Å²) in [6, 6.07) is 8.21. The molecule has 0 spiro atoms. The van der Waals surface area contributed by atoms with Crippen molar-refractivity contribution in [2.45, 2.75) is 19.4 Å². The van der Waals surface area contributed by atoms with Crippen LogP contribution in [0.5, 0.6) is 5.75 Å². The highest BCUT2D eigenvalue weighted by atomic mass is 16.5. The van der Waals surface area contributed by atoms with Gasteiger partial charge in [-0.15, -0.1) is 0 Å². The van der Waals surface area contributed by atoms with Gasteiger partial charge >= 0.3 is 0 Å². The van der Waals surface area contributed by atoms with Crippen LogP contribution in [0.4, 0.5) is 0 Å². The highest BCUT2D eigenvalue weighted by molar-refractivity contribution is 5.74. The van der Waals surface area contributed by atoms with Gasteiger partial charge in [-0.2, -0.15) is 0 Å². The number of rotatable bonds is 2. The fourth-order valence-corrected chi connectivity index (χ4v) is 2.34. The van der Waals surface area contributed by atoms with Gasteiger partial charge in [-0.3, -0.25) is 0 Å². The molecule has 3 heteroatoms. The van der Waals surface area contributed by atoms with Crippen molar-refractivity contribution in [2.24, 2.45) is 5.73 Å². The van der Waals surface area contributed by atoms with Crippen molar-refractivity contribution in [1.29, 1.82) is 0 Å². The Labute approximate surface area is 100 Å². The third kappa shape index (κ3) is 1.72. The van der Waals surface area contributed by atoms with Gasteiger partial charge in [0.1, 0.15) is 11.5 Å². The van der Waals surface area contributed by atoms with Gasteiger partial charge in [0, 0.05) is 11.1 Å². The van der Waals surface area contributed by atoms with Crippen LogP contribution in [0, 0.1) is 0 Å². The molecule has 2 aromatic rings. The molecule has 0 saturated carbocycles. The Kier molecular flexibility index (Phi) is 2.61. The largest absolute Gasteiger partial charge is 0.493 e. The Hall–Kier alpha value is -1.74. The third-order valence-corrected chi connectivity index (χ3v) is 3.15. The zero-order valence-corrected chi connectivity index (χ0v) is 9.61. The lowest BCUT2D eigenvalue weighted by Gasteiger charge is -2.20. The van der Waals surface area contributed by atoms with Crippen LogP contribution in [-0.4, -0.2) is 6.61 Å². The number of aryl methyl sites for hydroxylation is 1. The highest BCUT2D eigenvalue weighted by Gasteiger charge is 2.18. The first kappa shape index (κ1) is 10.4. The summed E-state index contributed by atoms with van der Waals surface area (Å²) in [5.74, 6) is 1.81. The van der Waals surface area contributed by atoms with Crippen LogP contribution >= 0.6 is 0 Å². The van der Waals surface area contributed by atoms with Gasteiger partial charge in [-0.1, -0.05) is 18.2 Å². The van der Waals surface area contributed by atoms with E-state index >= 15 is 0 Å². The molecule has 88 valence electrons. The van der Waals surface area contributed by atoms with E-state index in [9.17, 15) is 0 Å². The van der Waals surface area contributed by atoms with Gasteiger partial charge < -0.3 is 14.9 Å². The van der Waals surface area contributed by atoms with Crippen molar-refractivity contribution in [3.05, 3.63) is 41.9 Å². The van der Waals surface area contributed by atoms with Crippen LogP contribution in [0.2, 0.25) is 0 Å². The molecule has 0 radical (unpaired) electrons. The van der Waals surface area contributed by atoms with Crippen molar-refractivity contribution in [1.82, 2.24) is 0 Å². The molecule has 0 bridgehead atoms. The van der Waals surface area contributed by atoms with Crippen LogP contribution in [0.15, 0.2) is 34.9 Å². The van der Waals surface area contributed by atoms with Gasteiger partial charge in [-0.25, -0.2) is 0 Å². The quantitative estimate of drug-likeness (QED) is 0.861. The number of fused-ring (bicyclic) bond motifs is 1. The van der Waals surface area contributed by atoms with Gasteiger partial charge in [-0.05, 0) is 24.5 Å². The topological polar surface area (TPSA) is 48.4 Å². The Morgan fingerprint density at radius 3 is 3.00 bits per heavy atom. The SMILES string of the molecule is NCc1occc1-c1cccc2c1OCCC2. The number of nitrogens with two attached hydrogens (primary N) is 1. The number of furan rings is 1. The molecule has 0 fully saturated rings. The molecule has 1 aliphatic rings. The summed E-state index contributed by atoms with van der Waals surface area (Å²) in [6.45, 7) is 1.20. The lowest BCUT2D eigenvalue weighted by Crippen LogP contribution is -2.09. The maximum absolute atomic E-state index is 5.80. The van der Waals surface area contributed by atoms with E-state index in [0.717, 1.165) is 42.1 Å². The maximum Gasteiger partial charge on any atom is 0.130 e. The van der Waals surface area contributed by atoms with Crippen molar-refractivity contribution >= 4 is 0 Å². The first-order valence-corrected chi connectivity index (χ1v) is 5.91. The summed E-state index contributed by atoms with van der Waals surface area (Å²) in [4.78, 5) is 0. The first-order chi connectivity index (χ1) is 8.40. The van der Waals surface area contributed by atoms with Crippen molar-refractivity contribution in [3.8, 4) is 16.9 Å². The summed E-state index contributed by atoms with van der Waals surface area (Å²) in [5, 5.41) is 0. The number of benzene rings is 1. The molecule has 1 aromatic carbocycles. The second-order valence-electron chi connectivity index (χ2n) is 4.21. The molecule has 1 aliphatic heterocycles. The molecule has 17 heavy (non-hydrogen) atoms. The summed E-state index contributed by atoms with van der Waals surface area (Å²) in [5.41, 5.74) is 9.09. The Balaban J connectivity index is 2.14. The Bertz CT molecular complexity index is 531. The predicted octanol–water partition coefficient (Wildman–Crippen LogP) is 2.73. The van der Waals surface area contributed by atoms with Crippen LogP contribution in [-0.2, 0) is 13.0 Å². The van der Waals surface area contributed by atoms with E-state index in [1.807, 2.05) is 6.07 Å². The molecule has 0 atom stereocenters. The highest BCUT2D eigenvalue weighted by Crippen LogP contribution is 2.37. The van der Waals surface area contributed by atoms with E-state index in [-0.39, 0.29) is 0 Å². The molecular weight excluding hydrogens is 214 g/mol. The molecule has 1 aromatic heterocycles. The van der Waals surface area contributed by atoms with E-state index in [4.69, 9.17) is 14.9 Å². The monoisotopic (exact) mass is 229 g/mol. The summed E-state index contributed by atoms with van der Waals surface area (Å²) in [6.07, 6.45) is 3.85. The fraction of sp³-hybridized carbons (Fsp3) is 0.286. The third-order valence-electron chi connectivity index (χ3n) is 3.15. The van der Waals surface area contributed by atoms with Crippen LogP contribution in [0.1, 0.15) is 17.7 Å². The van der Waals surface area contributed by atoms with E-state index in [1.54, 1.807) is 6.26 Å². The molecule has 0 aliphatic carbocycles. The summed E-state index contributed by atoms with van der Waals surface area (Å²) >= 11 is 0. The lowest BCUT2D eigenvalue weighted by molar-refractivity contribution is 0.289. The fourth-order valence-electron chi connectivity index (χ4n) is 2.34. The second kappa shape index (κ2) is 4.26. The molecule has 2 N–H and O–H groups in total. The van der Waals surface area contributed by atoms with Gasteiger partial charge in [0.05, 0.1) is 19.4 Å². The molecular formula is C14H15NO2. The molecule has 3 rings (SSSR count). The van der Waals surface area contributed by atoms with Gasteiger partial charge in [0.25, 0.3) is 0 Å². The Morgan fingerprint density at radius 1 is 1.18 bits per heavy atom. The standard InChI is InChI=1S/C14H15NO2/c15-9-13-11(6-8-16-13)12-5-1-3-10-4-2-7-17-14(10)12/h1,3,5-6,8H,2,4,7,9,15H2. The van der Waals surface area contributed by atoms with E-state index in [0.29, 0.717) is 6.54 Å². The smallest absolute Gasteiger partial charge is 0.130 e. The molecule has 0 amide bonds.